The number of fused-ring (bicyclic) bond motifs is 1. The Morgan fingerprint density at radius 3 is 2.57 bits per heavy atom. The third-order valence-corrected chi connectivity index (χ3v) is 5.44. The Bertz CT molecular complexity index is 1170. The van der Waals surface area contributed by atoms with E-state index in [2.05, 4.69) is 34.9 Å². The van der Waals surface area contributed by atoms with Gasteiger partial charge in [-0.2, -0.15) is 4.98 Å². The highest BCUT2D eigenvalue weighted by Gasteiger charge is 2.22. The minimum absolute atomic E-state index is 0.410. The second-order valence-electron chi connectivity index (χ2n) is 7.01. The minimum Gasteiger partial charge on any atom is -0.353 e. The van der Waals surface area contributed by atoms with E-state index in [4.69, 9.17) is 27.7 Å². The number of pyridine rings is 1. The van der Waals surface area contributed by atoms with Crippen LogP contribution in [0, 0.1) is 0 Å². The van der Waals surface area contributed by atoms with Gasteiger partial charge in [0.05, 0.1) is 11.9 Å². The van der Waals surface area contributed by atoms with Crippen LogP contribution in [-0.4, -0.2) is 56.2 Å². The summed E-state index contributed by atoms with van der Waals surface area (Å²) in [7, 11) is 0. The Morgan fingerprint density at radius 1 is 0.967 bits per heavy atom. The molecule has 1 aliphatic rings. The number of hydrogen-bond donors (Lipinski definition) is 0. The minimum atomic E-state index is 0.410. The highest BCUT2D eigenvalue weighted by molar-refractivity contribution is 6.35. The maximum Gasteiger partial charge on any atom is 0.258 e. The van der Waals surface area contributed by atoms with Gasteiger partial charge in [0.1, 0.15) is 12.1 Å². The predicted molar refractivity (Wildman–Crippen MR) is 115 cm³/mol. The van der Waals surface area contributed by atoms with Crippen molar-refractivity contribution in [3.63, 3.8) is 0 Å². The summed E-state index contributed by atoms with van der Waals surface area (Å²) in [5, 5.41) is 6.13. The topological polar surface area (TPSA) is 84.1 Å². The molecule has 0 saturated carbocycles. The van der Waals surface area contributed by atoms with Gasteiger partial charge in [-0.1, -0.05) is 28.4 Å². The van der Waals surface area contributed by atoms with Crippen LogP contribution in [-0.2, 0) is 6.54 Å². The zero-order valence-corrected chi connectivity index (χ0v) is 17.4. The molecule has 152 valence electrons. The molecule has 1 aromatic carbocycles. The molecule has 10 heteroatoms. The summed E-state index contributed by atoms with van der Waals surface area (Å²) in [5.74, 6) is 1.96. The number of piperazine rings is 1. The number of halogens is 2. The van der Waals surface area contributed by atoms with E-state index < -0.39 is 0 Å². The summed E-state index contributed by atoms with van der Waals surface area (Å²) < 4.78 is 5.40. The molecule has 0 atom stereocenters. The molecule has 1 aliphatic heterocycles. The Hall–Kier alpha value is -2.81. The lowest BCUT2D eigenvalue weighted by molar-refractivity contribution is 0.240. The standard InChI is InChI=1S/C20H17Cl2N7O/c21-14-8-13(9-15(22)10-14)20-26-17(27-30-20)11-28-4-6-29(7-5-28)19-16-2-1-3-23-18(16)24-12-25-19/h1-3,8-10,12H,4-7,11H2. The SMILES string of the molecule is Clc1cc(Cl)cc(-c2nc(CN3CCN(c4ncnc5ncccc45)CC3)no2)c1. The average molecular weight is 442 g/mol. The number of aromatic nitrogens is 5. The van der Waals surface area contributed by atoms with Crippen LogP contribution < -0.4 is 4.90 Å². The van der Waals surface area contributed by atoms with Crippen LogP contribution in [0.5, 0.6) is 0 Å². The highest BCUT2D eigenvalue weighted by atomic mass is 35.5. The number of anilines is 1. The van der Waals surface area contributed by atoms with Crippen molar-refractivity contribution < 1.29 is 4.52 Å². The molecule has 0 N–H and O–H groups in total. The summed E-state index contributed by atoms with van der Waals surface area (Å²) in [4.78, 5) is 22.1. The molecule has 0 spiro atoms. The fourth-order valence-corrected chi connectivity index (χ4v) is 4.09. The van der Waals surface area contributed by atoms with Crippen molar-refractivity contribution >= 4 is 40.1 Å². The Balaban J connectivity index is 1.25. The van der Waals surface area contributed by atoms with Gasteiger partial charge < -0.3 is 9.42 Å². The molecular formula is C20H17Cl2N7O. The van der Waals surface area contributed by atoms with Crippen LogP contribution in [0.15, 0.2) is 47.4 Å². The highest BCUT2D eigenvalue weighted by Crippen LogP contribution is 2.26. The van der Waals surface area contributed by atoms with Gasteiger partial charge in [0.15, 0.2) is 11.5 Å². The second-order valence-corrected chi connectivity index (χ2v) is 7.88. The van der Waals surface area contributed by atoms with Crippen molar-refractivity contribution in [2.75, 3.05) is 31.1 Å². The van der Waals surface area contributed by atoms with Crippen molar-refractivity contribution in [1.82, 2.24) is 30.0 Å². The van der Waals surface area contributed by atoms with Crippen LogP contribution in [0.4, 0.5) is 5.82 Å². The van der Waals surface area contributed by atoms with Gasteiger partial charge in [-0.05, 0) is 30.3 Å². The summed E-state index contributed by atoms with van der Waals surface area (Å²) in [6.45, 7) is 4.01. The normalized spacial score (nSPS) is 15.1. The van der Waals surface area contributed by atoms with E-state index in [1.54, 1.807) is 30.7 Å². The van der Waals surface area contributed by atoms with E-state index >= 15 is 0 Å². The molecule has 0 amide bonds. The van der Waals surface area contributed by atoms with Crippen LogP contribution in [0.1, 0.15) is 5.82 Å². The van der Waals surface area contributed by atoms with Gasteiger partial charge in [0.25, 0.3) is 5.89 Å². The molecule has 0 bridgehead atoms. The number of rotatable bonds is 4. The van der Waals surface area contributed by atoms with Crippen LogP contribution in [0.3, 0.4) is 0 Å². The number of nitrogens with zero attached hydrogens (tertiary/aromatic N) is 7. The van der Waals surface area contributed by atoms with Crippen LogP contribution in [0.25, 0.3) is 22.5 Å². The Morgan fingerprint density at radius 2 is 1.77 bits per heavy atom. The maximum atomic E-state index is 6.06. The number of hydrogen-bond acceptors (Lipinski definition) is 8. The zero-order chi connectivity index (χ0) is 20.5. The maximum absolute atomic E-state index is 6.06. The first-order chi connectivity index (χ1) is 14.7. The monoisotopic (exact) mass is 441 g/mol. The largest absolute Gasteiger partial charge is 0.353 e. The summed E-state index contributed by atoms with van der Waals surface area (Å²) in [6, 6.07) is 9.09. The van der Waals surface area contributed by atoms with Gasteiger partial charge in [-0.25, -0.2) is 15.0 Å². The first kappa shape index (κ1) is 19.2. The average Bonchev–Trinajstić information content (AvgIpc) is 3.22. The zero-order valence-electron chi connectivity index (χ0n) is 15.9. The lowest BCUT2D eigenvalue weighted by Crippen LogP contribution is -2.46. The molecule has 0 unspecified atom stereocenters. The Kier molecular flexibility index (Phi) is 5.20. The van der Waals surface area contributed by atoms with Crippen LogP contribution in [0.2, 0.25) is 10.0 Å². The first-order valence-electron chi connectivity index (χ1n) is 9.48. The van der Waals surface area contributed by atoms with E-state index in [9.17, 15) is 0 Å². The van der Waals surface area contributed by atoms with Gasteiger partial charge in [0, 0.05) is 48.0 Å². The summed E-state index contributed by atoms with van der Waals surface area (Å²) in [6.07, 6.45) is 3.31. The lowest BCUT2D eigenvalue weighted by atomic mass is 10.2. The third kappa shape index (κ3) is 3.94. The van der Waals surface area contributed by atoms with Gasteiger partial charge in [-0.15, -0.1) is 0 Å². The molecule has 8 nitrogen and oxygen atoms in total. The first-order valence-corrected chi connectivity index (χ1v) is 10.2. The van der Waals surface area contributed by atoms with Crippen molar-refractivity contribution in [2.24, 2.45) is 0 Å². The fraction of sp³-hybridized carbons (Fsp3) is 0.250. The smallest absolute Gasteiger partial charge is 0.258 e. The lowest BCUT2D eigenvalue weighted by Gasteiger charge is -2.35. The third-order valence-electron chi connectivity index (χ3n) is 5.00. The molecule has 0 aliphatic carbocycles. The molecule has 5 rings (SSSR count). The van der Waals surface area contributed by atoms with Crippen molar-refractivity contribution in [1.29, 1.82) is 0 Å². The number of benzene rings is 1. The fourth-order valence-electron chi connectivity index (χ4n) is 3.56. The molecule has 30 heavy (non-hydrogen) atoms. The molecule has 0 radical (unpaired) electrons. The molecule has 3 aromatic heterocycles. The predicted octanol–water partition coefficient (Wildman–Crippen LogP) is 3.70. The van der Waals surface area contributed by atoms with Crippen molar-refractivity contribution in [3.05, 3.63) is 58.7 Å². The molecule has 4 aromatic rings. The molecule has 4 heterocycles. The van der Waals surface area contributed by atoms with Gasteiger partial charge in [-0.3, -0.25) is 4.90 Å². The summed E-state index contributed by atoms with van der Waals surface area (Å²) in [5.41, 5.74) is 1.42. The second kappa shape index (κ2) is 8.14. The van der Waals surface area contributed by atoms with Gasteiger partial charge >= 0.3 is 0 Å². The van der Waals surface area contributed by atoms with E-state index in [1.807, 2.05) is 12.1 Å². The van der Waals surface area contributed by atoms with Gasteiger partial charge in [0.2, 0.25) is 0 Å². The van der Waals surface area contributed by atoms with Crippen LogP contribution >= 0.6 is 23.2 Å². The summed E-state index contributed by atoms with van der Waals surface area (Å²) >= 11 is 12.1. The molecule has 1 fully saturated rings. The van der Waals surface area contributed by atoms with E-state index in [0.29, 0.717) is 39.5 Å². The quantitative estimate of drug-likeness (QED) is 0.473. The van der Waals surface area contributed by atoms with Crippen molar-refractivity contribution in [2.45, 2.75) is 6.54 Å². The molecule has 1 saturated heterocycles. The van der Waals surface area contributed by atoms with Crippen molar-refractivity contribution in [3.8, 4) is 11.5 Å². The van der Waals surface area contributed by atoms with E-state index in [-0.39, 0.29) is 0 Å². The van der Waals surface area contributed by atoms with E-state index in [1.165, 1.54) is 0 Å². The van der Waals surface area contributed by atoms with E-state index in [0.717, 1.165) is 37.4 Å². The Labute approximate surface area is 182 Å². The molecular weight excluding hydrogens is 425 g/mol.